The fraction of sp³-hybridized carbons (Fsp3) is 0.529. The number of aryl methyl sites for hydroxylation is 2. The molecule has 0 bridgehead atoms. The Morgan fingerprint density at radius 2 is 1.96 bits per heavy atom. The summed E-state index contributed by atoms with van der Waals surface area (Å²) in [5, 5.41) is 11.4. The number of anilines is 1. The molecule has 0 atom stereocenters. The van der Waals surface area contributed by atoms with Crippen molar-refractivity contribution in [3.8, 4) is 0 Å². The molecule has 0 unspecified atom stereocenters. The molecule has 1 aliphatic heterocycles. The Labute approximate surface area is 165 Å². The van der Waals surface area contributed by atoms with E-state index in [9.17, 15) is 9.59 Å². The molecule has 0 radical (unpaired) electrons. The summed E-state index contributed by atoms with van der Waals surface area (Å²) in [6.45, 7) is 8.34. The van der Waals surface area contributed by atoms with Crippen molar-refractivity contribution in [2.45, 2.75) is 33.9 Å². The second-order valence-electron chi connectivity index (χ2n) is 6.32. The average molecular weight is 439 g/mol. The van der Waals surface area contributed by atoms with Crippen LogP contribution in [0, 0.1) is 13.8 Å². The number of carbonyl (C=O) groups excluding carboxylic acids is 2. The van der Waals surface area contributed by atoms with E-state index in [2.05, 4.69) is 31.4 Å². The van der Waals surface area contributed by atoms with Gasteiger partial charge in [0.15, 0.2) is 0 Å². The van der Waals surface area contributed by atoms with Crippen molar-refractivity contribution in [2.24, 2.45) is 0 Å². The number of morpholine rings is 1. The van der Waals surface area contributed by atoms with Gasteiger partial charge in [0, 0.05) is 19.6 Å². The molecule has 1 N–H and O–H groups in total. The number of amides is 2. The van der Waals surface area contributed by atoms with Crippen LogP contribution in [0.15, 0.2) is 10.7 Å². The van der Waals surface area contributed by atoms with Crippen molar-refractivity contribution in [2.75, 3.05) is 31.6 Å². The van der Waals surface area contributed by atoms with E-state index < -0.39 is 0 Å². The van der Waals surface area contributed by atoms with Crippen LogP contribution in [0.3, 0.4) is 0 Å². The lowest BCUT2D eigenvalue weighted by atomic mass is 10.2. The van der Waals surface area contributed by atoms with Gasteiger partial charge in [-0.15, -0.1) is 0 Å². The minimum Gasteiger partial charge on any atom is -0.378 e. The molecule has 2 amide bonds. The first-order valence-corrected chi connectivity index (χ1v) is 9.63. The highest BCUT2D eigenvalue weighted by Gasteiger charge is 2.26. The van der Waals surface area contributed by atoms with Crippen molar-refractivity contribution >= 4 is 33.4 Å². The van der Waals surface area contributed by atoms with Crippen molar-refractivity contribution in [3.05, 3.63) is 27.8 Å². The first-order chi connectivity index (χ1) is 12.9. The first kappa shape index (κ1) is 19.6. The van der Waals surface area contributed by atoms with Gasteiger partial charge in [-0.3, -0.25) is 19.0 Å². The summed E-state index contributed by atoms with van der Waals surface area (Å²) >= 11 is 3.46. The zero-order chi connectivity index (χ0) is 19.6. The molecule has 9 nitrogen and oxygen atoms in total. The highest BCUT2D eigenvalue weighted by atomic mass is 79.9. The maximum Gasteiger partial charge on any atom is 0.274 e. The minimum atomic E-state index is -0.264. The molecule has 10 heteroatoms. The number of hydrogen-bond donors (Lipinski definition) is 1. The number of nitrogens with one attached hydrogen (secondary N) is 1. The lowest BCUT2D eigenvalue weighted by Crippen LogP contribution is -2.41. The number of nitrogens with zero attached hydrogens (tertiary/aromatic N) is 5. The Bertz CT molecular complexity index is 853. The van der Waals surface area contributed by atoms with Crippen LogP contribution < -0.4 is 5.32 Å². The quantitative estimate of drug-likeness (QED) is 0.764. The molecule has 0 aliphatic carbocycles. The molecule has 2 aromatic rings. The van der Waals surface area contributed by atoms with Crippen LogP contribution in [0.25, 0.3) is 0 Å². The molecule has 0 saturated carbocycles. The fourth-order valence-corrected chi connectivity index (χ4v) is 3.30. The summed E-state index contributed by atoms with van der Waals surface area (Å²) in [4.78, 5) is 27.2. The molecule has 1 fully saturated rings. The van der Waals surface area contributed by atoms with Crippen LogP contribution in [0.2, 0.25) is 0 Å². The molecule has 1 saturated heterocycles. The third kappa shape index (κ3) is 4.06. The number of carbonyl (C=O) groups is 2. The van der Waals surface area contributed by atoms with E-state index in [0.717, 1.165) is 15.9 Å². The molecule has 3 heterocycles. The van der Waals surface area contributed by atoms with Gasteiger partial charge in [-0.25, -0.2) is 0 Å². The van der Waals surface area contributed by atoms with Gasteiger partial charge in [-0.1, -0.05) is 0 Å². The maximum absolute atomic E-state index is 12.9. The average Bonchev–Trinajstić information content (AvgIpc) is 3.18. The normalized spacial score (nSPS) is 14.4. The summed E-state index contributed by atoms with van der Waals surface area (Å²) in [5.41, 5.74) is 2.50. The van der Waals surface area contributed by atoms with Crippen LogP contribution >= 0.6 is 15.9 Å². The van der Waals surface area contributed by atoms with Gasteiger partial charge < -0.3 is 15.0 Å². The Morgan fingerprint density at radius 3 is 2.56 bits per heavy atom. The Kier molecular flexibility index (Phi) is 5.95. The SMILES string of the molecule is CCn1ncc(NC(=O)Cn2nc(C)c(Br)c2C)c1C(=O)N1CCOCC1. The molecule has 27 heavy (non-hydrogen) atoms. The van der Waals surface area contributed by atoms with Gasteiger partial charge >= 0.3 is 0 Å². The van der Waals surface area contributed by atoms with Crippen LogP contribution in [-0.2, 0) is 22.6 Å². The lowest BCUT2D eigenvalue weighted by Gasteiger charge is -2.27. The van der Waals surface area contributed by atoms with Gasteiger partial charge in [0.25, 0.3) is 5.91 Å². The van der Waals surface area contributed by atoms with E-state index in [1.165, 1.54) is 6.20 Å². The van der Waals surface area contributed by atoms with E-state index in [0.29, 0.717) is 44.2 Å². The third-order valence-electron chi connectivity index (χ3n) is 4.50. The van der Waals surface area contributed by atoms with Crippen molar-refractivity contribution in [3.63, 3.8) is 0 Å². The zero-order valence-corrected chi connectivity index (χ0v) is 17.2. The Balaban J connectivity index is 1.78. The molecule has 2 aromatic heterocycles. The van der Waals surface area contributed by atoms with E-state index in [-0.39, 0.29) is 18.4 Å². The van der Waals surface area contributed by atoms with Crippen molar-refractivity contribution < 1.29 is 14.3 Å². The van der Waals surface area contributed by atoms with E-state index in [1.807, 2.05) is 20.8 Å². The Morgan fingerprint density at radius 1 is 1.26 bits per heavy atom. The fourth-order valence-electron chi connectivity index (χ4n) is 3.01. The van der Waals surface area contributed by atoms with E-state index >= 15 is 0 Å². The second-order valence-corrected chi connectivity index (χ2v) is 7.11. The van der Waals surface area contributed by atoms with Crippen molar-refractivity contribution in [1.29, 1.82) is 0 Å². The molecule has 146 valence electrons. The van der Waals surface area contributed by atoms with Gasteiger partial charge in [0.05, 0.1) is 41.0 Å². The lowest BCUT2D eigenvalue weighted by molar-refractivity contribution is -0.116. The van der Waals surface area contributed by atoms with Crippen LogP contribution in [0.1, 0.15) is 28.8 Å². The number of aromatic nitrogens is 4. The number of halogens is 1. The Hall–Kier alpha value is -2.20. The standard InChI is InChI=1S/C17H23BrN6O3/c1-4-23-16(17(26)22-5-7-27-8-6-22)13(9-19-23)20-14(25)10-24-12(3)15(18)11(2)21-24/h9H,4-8,10H2,1-3H3,(H,20,25). The summed E-state index contributed by atoms with van der Waals surface area (Å²) in [6, 6.07) is 0. The number of ether oxygens (including phenoxy) is 1. The predicted octanol–water partition coefficient (Wildman–Crippen LogP) is 1.59. The molecular formula is C17H23BrN6O3. The minimum absolute atomic E-state index is 0.0563. The van der Waals surface area contributed by atoms with Gasteiger partial charge in [0.1, 0.15) is 12.2 Å². The third-order valence-corrected chi connectivity index (χ3v) is 5.65. The summed E-state index contributed by atoms with van der Waals surface area (Å²) in [7, 11) is 0. The zero-order valence-electron chi connectivity index (χ0n) is 15.7. The van der Waals surface area contributed by atoms with Crippen LogP contribution in [-0.4, -0.2) is 62.6 Å². The molecule has 3 rings (SSSR count). The predicted molar refractivity (Wildman–Crippen MR) is 103 cm³/mol. The summed E-state index contributed by atoms with van der Waals surface area (Å²) in [6.07, 6.45) is 1.52. The first-order valence-electron chi connectivity index (χ1n) is 8.84. The number of rotatable bonds is 5. The molecular weight excluding hydrogens is 416 g/mol. The largest absolute Gasteiger partial charge is 0.378 e. The maximum atomic E-state index is 12.9. The van der Waals surface area contributed by atoms with E-state index in [4.69, 9.17) is 4.74 Å². The summed E-state index contributed by atoms with van der Waals surface area (Å²) < 4.78 is 9.43. The highest BCUT2D eigenvalue weighted by molar-refractivity contribution is 9.10. The van der Waals surface area contributed by atoms with Crippen LogP contribution in [0.5, 0.6) is 0 Å². The van der Waals surface area contributed by atoms with Crippen molar-refractivity contribution in [1.82, 2.24) is 24.5 Å². The molecule has 0 aromatic carbocycles. The van der Waals surface area contributed by atoms with Gasteiger partial charge in [-0.2, -0.15) is 10.2 Å². The van der Waals surface area contributed by atoms with Gasteiger partial charge in [-0.05, 0) is 36.7 Å². The topological polar surface area (TPSA) is 94.3 Å². The van der Waals surface area contributed by atoms with Gasteiger partial charge in [0.2, 0.25) is 5.91 Å². The van der Waals surface area contributed by atoms with E-state index in [1.54, 1.807) is 14.3 Å². The monoisotopic (exact) mass is 438 g/mol. The highest BCUT2D eigenvalue weighted by Crippen LogP contribution is 2.21. The number of hydrogen-bond acceptors (Lipinski definition) is 5. The smallest absolute Gasteiger partial charge is 0.274 e. The van der Waals surface area contributed by atoms with Crippen LogP contribution in [0.4, 0.5) is 5.69 Å². The second kappa shape index (κ2) is 8.22. The molecule has 0 spiro atoms. The molecule has 1 aliphatic rings. The summed E-state index contributed by atoms with van der Waals surface area (Å²) in [5.74, 6) is -0.415.